The van der Waals surface area contributed by atoms with Gasteiger partial charge in [0.1, 0.15) is 0 Å². The fourth-order valence-electron chi connectivity index (χ4n) is 2.24. The molecule has 0 aromatic heterocycles. The maximum Gasteiger partial charge on any atom is 0.766 e. The lowest BCUT2D eigenvalue weighted by atomic mass is 9.86. The molecule has 1 saturated heterocycles. The molecule has 0 amide bonds. The zero-order valence-electron chi connectivity index (χ0n) is 10.4. The summed E-state index contributed by atoms with van der Waals surface area (Å²) in [5, 5.41) is 0. The van der Waals surface area contributed by atoms with Crippen molar-refractivity contribution >= 4 is 9.17 Å². The smallest absolute Gasteiger partial charge is 0.499 e. The Balaban J connectivity index is 0.000000187. The summed E-state index contributed by atoms with van der Waals surface area (Å²) in [6.45, 7) is 2.28. The van der Waals surface area contributed by atoms with Crippen LogP contribution in [0.4, 0.5) is 0 Å². The number of hydrogen-bond acceptors (Lipinski definition) is 4. The first kappa shape index (κ1) is 13.6. The Morgan fingerprint density at radius 1 is 1.25 bits per heavy atom. The van der Waals surface area contributed by atoms with Crippen LogP contribution < -0.4 is 0 Å². The molecule has 1 heterocycles. The van der Waals surface area contributed by atoms with E-state index < -0.39 is 9.17 Å². The van der Waals surface area contributed by atoms with Crippen molar-refractivity contribution in [2.24, 2.45) is 5.92 Å². The van der Waals surface area contributed by atoms with Crippen LogP contribution in [0.15, 0.2) is 0 Å². The highest BCUT2D eigenvalue weighted by Crippen LogP contribution is 2.40. The van der Waals surface area contributed by atoms with Crippen LogP contribution in [0.1, 0.15) is 39.0 Å². The molecule has 4 nitrogen and oxygen atoms in total. The molecule has 0 N–H and O–H groups in total. The Morgan fingerprint density at radius 2 is 1.94 bits per heavy atom. The molecular weight excluding hydrogens is 224 g/mol. The second kappa shape index (κ2) is 7.01. The molecule has 2 rings (SSSR count). The van der Waals surface area contributed by atoms with E-state index >= 15 is 0 Å². The molecule has 0 bridgehead atoms. The van der Waals surface area contributed by atoms with Crippen molar-refractivity contribution in [1.29, 1.82) is 0 Å². The Morgan fingerprint density at radius 3 is 2.38 bits per heavy atom. The van der Waals surface area contributed by atoms with Crippen molar-refractivity contribution < 1.29 is 18.1 Å². The molecule has 3 atom stereocenters. The van der Waals surface area contributed by atoms with Gasteiger partial charge < -0.3 is 13.6 Å². The zero-order chi connectivity index (χ0) is 12.0. The average Bonchev–Trinajstić information content (AvgIpc) is 3.07. The molecule has 0 spiro atoms. The fraction of sp³-hybridized carbons (Fsp3) is 1.00. The highest BCUT2D eigenvalue weighted by atomic mass is 28.3. The summed E-state index contributed by atoms with van der Waals surface area (Å²) in [5.41, 5.74) is 0. The molecule has 0 aromatic rings. The van der Waals surface area contributed by atoms with Gasteiger partial charge in [-0.25, -0.2) is 0 Å². The lowest BCUT2D eigenvalue weighted by molar-refractivity contribution is 0.236. The number of rotatable bonds is 4. The Labute approximate surface area is 99.2 Å². The zero-order valence-corrected chi connectivity index (χ0v) is 11.4. The van der Waals surface area contributed by atoms with E-state index in [-0.39, 0.29) is 0 Å². The largest absolute Gasteiger partial charge is 0.766 e. The molecule has 5 heteroatoms. The SMILES string of the molecule is CCCC1CCC2OC2C1.CO[Si](=O)OC. The summed E-state index contributed by atoms with van der Waals surface area (Å²) in [5.74, 6) is 0.994. The van der Waals surface area contributed by atoms with Gasteiger partial charge in [-0.2, -0.15) is 0 Å². The van der Waals surface area contributed by atoms with E-state index in [2.05, 4.69) is 15.8 Å². The number of ether oxygens (including phenoxy) is 1. The summed E-state index contributed by atoms with van der Waals surface area (Å²) in [4.78, 5) is 0. The summed E-state index contributed by atoms with van der Waals surface area (Å²) < 4.78 is 23.8. The fourth-order valence-corrected chi connectivity index (χ4v) is 2.41. The molecule has 1 aliphatic heterocycles. The van der Waals surface area contributed by atoms with Gasteiger partial charge in [-0.15, -0.1) is 0 Å². The average molecular weight is 246 g/mol. The van der Waals surface area contributed by atoms with E-state index in [0.717, 1.165) is 5.92 Å². The monoisotopic (exact) mass is 246 g/mol. The molecule has 16 heavy (non-hydrogen) atoms. The third kappa shape index (κ3) is 4.61. The molecule has 94 valence electrons. The second-order valence-corrected chi connectivity index (χ2v) is 5.66. The van der Waals surface area contributed by atoms with Gasteiger partial charge in [-0.3, -0.25) is 4.46 Å². The van der Waals surface area contributed by atoms with Crippen LogP contribution >= 0.6 is 0 Å². The predicted molar refractivity (Wildman–Crippen MR) is 61.4 cm³/mol. The van der Waals surface area contributed by atoms with Crippen LogP contribution in [-0.4, -0.2) is 35.6 Å². The van der Waals surface area contributed by atoms with Gasteiger partial charge in [-0.05, 0) is 25.2 Å². The minimum atomic E-state index is -2.12. The second-order valence-electron chi connectivity index (χ2n) is 4.34. The van der Waals surface area contributed by atoms with E-state index in [9.17, 15) is 4.46 Å². The maximum absolute atomic E-state index is 9.92. The van der Waals surface area contributed by atoms with E-state index in [4.69, 9.17) is 4.74 Å². The highest BCUT2D eigenvalue weighted by Gasteiger charge is 2.43. The minimum absolute atomic E-state index is 0.685. The molecular formula is C11H22O4Si. The molecule has 2 aliphatic rings. The van der Waals surface area contributed by atoms with Gasteiger partial charge >= 0.3 is 9.17 Å². The van der Waals surface area contributed by atoms with Crippen molar-refractivity contribution in [3.8, 4) is 0 Å². The van der Waals surface area contributed by atoms with E-state index in [1.807, 2.05) is 0 Å². The van der Waals surface area contributed by atoms with Gasteiger partial charge in [0.05, 0.1) is 26.4 Å². The molecule has 1 aliphatic carbocycles. The van der Waals surface area contributed by atoms with Crippen LogP contribution in [-0.2, 0) is 18.1 Å². The quantitative estimate of drug-likeness (QED) is 0.562. The van der Waals surface area contributed by atoms with Gasteiger partial charge in [0.15, 0.2) is 0 Å². The molecule has 1 saturated carbocycles. The lowest BCUT2D eigenvalue weighted by Crippen LogP contribution is -2.12. The summed E-state index contributed by atoms with van der Waals surface area (Å²) in [7, 11) is 0.558. The van der Waals surface area contributed by atoms with Crippen molar-refractivity contribution in [3.63, 3.8) is 0 Å². The van der Waals surface area contributed by atoms with Crippen LogP contribution in [0.2, 0.25) is 0 Å². The standard InChI is InChI=1S/C9H16O.C2H6O3Si/c1-2-3-7-4-5-8-9(6-7)10-8;1-4-6(3)5-2/h7-9H,2-6H2,1H3;1-2H3. The first-order valence-electron chi connectivity index (χ1n) is 5.98. The maximum atomic E-state index is 9.92. The third-order valence-electron chi connectivity index (χ3n) is 3.14. The Bertz CT molecular complexity index is 216. The molecule has 0 radical (unpaired) electrons. The first-order chi connectivity index (χ1) is 7.71. The van der Waals surface area contributed by atoms with Gasteiger partial charge in [0.25, 0.3) is 0 Å². The number of hydrogen-bond donors (Lipinski definition) is 0. The summed E-state index contributed by atoms with van der Waals surface area (Å²) >= 11 is 0. The van der Waals surface area contributed by atoms with E-state index in [0.29, 0.717) is 12.2 Å². The Kier molecular flexibility index (Phi) is 5.98. The topological polar surface area (TPSA) is 48.1 Å². The minimum Gasteiger partial charge on any atom is -0.499 e. The van der Waals surface area contributed by atoms with Crippen LogP contribution in [0.25, 0.3) is 0 Å². The third-order valence-corrected chi connectivity index (χ3v) is 3.81. The predicted octanol–water partition coefficient (Wildman–Crippen LogP) is 2.05. The van der Waals surface area contributed by atoms with E-state index in [1.165, 1.54) is 46.3 Å². The molecule has 2 fully saturated rings. The van der Waals surface area contributed by atoms with Gasteiger partial charge in [0.2, 0.25) is 0 Å². The van der Waals surface area contributed by atoms with Crippen molar-refractivity contribution in [2.45, 2.75) is 51.2 Å². The van der Waals surface area contributed by atoms with Crippen LogP contribution in [0, 0.1) is 5.92 Å². The Hall–Kier alpha value is -0.423. The van der Waals surface area contributed by atoms with Crippen LogP contribution in [0.5, 0.6) is 0 Å². The van der Waals surface area contributed by atoms with Crippen molar-refractivity contribution in [2.75, 3.05) is 14.2 Å². The van der Waals surface area contributed by atoms with Gasteiger partial charge in [-0.1, -0.05) is 19.8 Å². The van der Waals surface area contributed by atoms with Crippen molar-refractivity contribution in [3.05, 3.63) is 0 Å². The van der Waals surface area contributed by atoms with E-state index in [1.54, 1.807) is 0 Å². The normalized spacial score (nSPS) is 30.6. The summed E-state index contributed by atoms with van der Waals surface area (Å²) in [6, 6.07) is 0. The van der Waals surface area contributed by atoms with Crippen molar-refractivity contribution in [1.82, 2.24) is 0 Å². The summed E-state index contributed by atoms with van der Waals surface area (Å²) in [6.07, 6.45) is 8.27. The number of epoxide rings is 1. The molecule has 3 unspecified atom stereocenters. The lowest BCUT2D eigenvalue weighted by Gasteiger charge is -2.17. The number of fused-ring (bicyclic) bond motifs is 1. The molecule has 0 aromatic carbocycles. The van der Waals surface area contributed by atoms with Gasteiger partial charge in [0, 0.05) is 0 Å². The first-order valence-corrected chi connectivity index (χ1v) is 7.21. The highest BCUT2D eigenvalue weighted by molar-refractivity contribution is 6.25. The van der Waals surface area contributed by atoms with Crippen LogP contribution in [0.3, 0.4) is 0 Å².